The fourth-order valence-electron chi connectivity index (χ4n) is 3.49. The summed E-state index contributed by atoms with van der Waals surface area (Å²) < 4.78 is 1.30. The van der Waals surface area contributed by atoms with Gasteiger partial charge in [0.25, 0.3) is 0 Å². The van der Waals surface area contributed by atoms with Crippen LogP contribution >= 0.6 is 22.6 Å². The van der Waals surface area contributed by atoms with Crippen LogP contribution in [0.5, 0.6) is 0 Å². The van der Waals surface area contributed by atoms with Gasteiger partial charge < -0.3 is 4.90 Å². The lowest BCUT2D eigenvalue weighted by molar-refractivity contribution is 0.171. The SMILES string of the molecule is C=CN1CC(CI)CCCCC12C[C@H]2CC. The van der Waals surface area contributed by atoms with E-state index < -0.39 is 0 Å². The van der Waals surface area contributed by atoms with Gasteiger partial charge in [0.2, 0.25) is 0 Å². The number of rotatable bonds is 3. The smallest absolute Gasteiger partial charge is 0.0429 e. The number of hydrogen-bond donors (Lipinski definition) is 0. The van der Waals surface area contributed by atoms with Crippen LogP contribution in [-0.4, -0.2) is 21.4 Å². The van der Waals surface area contributed by atoms with Crippen LogP contribution in [0.25, 0.3) is 0 Å². The average Bonchev–Trinajstić information content (AvgIpc) is 3.01. The van der Waals surface area contributed by atoms with Crippen LogP contribution in [0.3, 0.4) is 0 Å². The fourth-order valence-corrected chi connectivity index (χ4v) is 4.21. The molecule has 2 aliphatic rings. The predicted molar refractivity (Wildman–Crippen MR) is 78.9 cm³/mol. The van der Waals surface area contributed by atoms with Gasteiger partial charge in [0, 0.05) is 16.5 Å². The van der Waals surface area contributed by atoms with Crippen molar-refractivity contribution >= 4 is 22.6 Å². The molecule has 2 heteroatoms. The van der Waals surface area contributed by atoms with Crippen LogP contribution in [0.4, 0.5) is 0 Å². The van der Waals surface area contributed by atoms with E-state index in [1.807, 2.05) is 0 Å². The molecule has 1 spiro atoms. The van der Waals surface area contributed by atoms with Crippen LogP contribution in [0.1, 0.15) is 45.4 Å². The van der Waals surface area contributed by atoms with Gasteiger partial charge in [0.1, 0.15) is 0 Å². The number of hydrogen-bond acceptors (Lipinski definition) is 1. The highest BCUT2D eigenvalue weighted by Gasteiger charge is 2.55. The van der Waals surface area contributed by atoms with Gasteiger partial charge in [0.15, 0.2) is 0 Å². The molecule has 2 rings (SSSR count). The Morgan fingerprint density at radius 3 is 2.88 bits per heavy atom. The first-order valence-electron chi connectivity index (χ1n) is 6.72. The summed E-state index contributed by atoms with van der Waals surface area (Å²) in [6.07, 6.45) is 10.6. The molecule has 1 saturated carbocycles. The van der Waals surface area contributed by atoms with E-state index in [1.165, 1.54) is 49.5 Å². The topological polar surface area (TPSA) is 3.24 Å². The molecule has 1 heterocycles. The van der Waals surface area contributed by atoms with Crippen molar-refractivity contribution in [3.63, 3.8) is 0 Å². The van der Waals surface area contributed by atoms with E-state index in [1.54, 1.807) is 0 Å². The predicted octanol–water partition coefficient (Wildman–Crippen LogP) is 4.23. The minimum absolute atomic E-state index is 0.529. The lowest BCUT2D eigenvalue weighted by Crippen LogP contribution is -2.40. The van der Waals surface area contributed by atoms with Gasteiger partial charge in [-0.1, -0.05) is 55.4 Å². The molecule has 1 aliphatic heterocycles. The molecule has 1 aliphatic carbocycles. The molecule has 0 aromatic carbocycles. The maximum Gasteiger partial charge on any atom is 0.0429 e. The summed E-state index contributed by atoms with van der Waals surface area (Å²) in [5.41, 5.74) is 0.529. The molecular formula is C14H24IN. The Hall–Kier alpha value is 0.270. The lowest BCUT2D eigenvalue weighted by Gasteiger charge is -2.37. The Morgan fingerprint density at radius 1 is 1.50 bits per heavy atom. The van der Waals surface area contributed by atoms with E-state index in [0.29, 0.717) is 5.54 Å². The van der Waals surface area contributed by atoms with E-state index in [2.05, 4.69) is 47.2 Å². The molecule has 0 aromatic rings. The first kappa shape index (κ1) is 12.7. The Balaban J connectivity index is 2.08. The molecule has 1 nitrogen and oxygen atoms in total. The zero-order valence-electron chi connectivity index (χ0n) is 10.4. The quantitative estimate of drug-likeness (QED) is 0.552. The third-order valence-electron chi connectivity index (χ3n) is 4.63. The van der Waals surface area contributed by atoms with E-state index in [9.17, 15) is 0 Å². The van der Waals surface area contributed by atoms with Crippen molar-refractivity contribution in [2.24, 2.45) is 11.8 Å². The second kappa shape index (κ2) is 5.28. The van der Waals surface area contributed by atoms with Gasteiger partial charge in [0.05, 0.1) is 0 Å². The van der Waals surface area contributed by atoms with Crippen molar-refractivity contribution in [3.8, 4) is 0 Å². The molecule has 92 valence electrons. The van der Waals surface area contributed by atoms with Crippen molar-refractivity contribution in [1.29, 1.82) is 0 Å². The standard InChI is InChI=1S/C14H24IN/c1-3-13-9-14(13)8-6-5-7-12(10-15)11-16(14)4-2/h4,12-13H,2-3,5-11H2,1H3/t12?,13-,14?/m1/s1. The molecule has 2 unspecified atom stereocenters. The minimum Gasteiger partial charge on any atom is -0.372 e. The van der Waals surface area contributed by atoms with Gasteiger partial charge >= 0.3 is 0 Å². The van der Waals surface area contributed by atoms with Crippen molar-refractivity contribution in [2.45, 2.75) is 51.0 Å². The molecule has 0 bridgehead atoms. The maximum absolute atomic E-state index is 4.05. The largest absolute Gasteiger partial charge is 0.372 e. The first-order valence-corrected chi connectivity index (χ1v) is 8.24. The Labute approximate surface area is 114 Å². The van der Waals surface area contributed by atoms with E-state index in [0.717, 1.165) is 11.8 Å². The molecule has 0 aromatic heterocycles. The first-order chi connectivity index (χ1) is 7.76. The normalized spacial score (nSPS) is 39.2. The monoisotopic (exact) mass is 333 g/mol. The van der Waals surface area contributed by atoms with Gasteiger partial charge in [-0.15, -0.1) is 0 Å². The van der Waals surface area contributed by atoms with Crippen LogP contribution in [0, 0.1) is 11.8 Å². The van der Waals surface area contributed by atoms with E-state index in [-0.39, 0.29) is 0 Å². The van der Waals surface area contributed by atoms with Crippen LogP contribution in [0.15, 0.2) is 12.8 Å². The molecule has 1 saturated heterocycles. The molecule has 0 N–H and O–H groups in total. The number of halogens is 1. The maximum atomic E-state index is 4.05. The number of likely N-dealkylation sites (tertiary alicyclic amines) is 1. The second-order valence-electron chi connectivity index (χ2n) is 5.51. The molecule has 3 atom stereocenters. The van der Waals surface area contributed by atoms with Crippen molar-refractivity contribution < 1.29 is 0 Å². The molecule has 0 amide bonds. The zero-order chi connectivity index (χ0) is 11.6. The van der Waals surface area contributed by atoms with E-state index in [4.69, 9.17) is 0 Å². The number of alkyl halides is 1. The van der Waals surface area contributed by atoms with Crippen LogP contribution in [0.2, 0.25) is 0 Å². The fraction of sp³-hybridized carbons (Fsp3) is 0.857. The van der Waals surface area contributed by atoms with Gasteiger partial charge in [-0.25, -0.2) is 0 Å². The van der Waals surface area contributed by atoms with Gasteiger partial charge in [-0.3, -0.25) is 0 Å². The van der Waals surface area contributed by atoms with Crippen LogP contribution < -0.4 is 0 Å². The summed E-state index contributed by atoms with van der Waals surface area (Å²) in [6, 6.07) is 0. The summed E-state index contributed by atoms with van der Waals surface area (Å²) in [5, 5.41) is 0. The summed E-state index contributed by atoms with van der Waals surface area (Å²) in [4.78, 5) is 2.60. The highest BCUT2D eigenvalue weighted by molar-refractivity contribution is 14.1. The van der Waals surface area contributed by atoms with Crippen LogP contribution in [-0.2, 0) is 0 Å². The summed E-state index contributed by atoms with van der Waals surface area (Å²) in [5.74, 6) is 1.83. The highest BCUT2D eigenvalue weighted by Crippen LogP contribution is 2.54. The molecule has 0 radical (unpaired) electrons. The summed E-state index contributed by atoms with van der Waals surface area (Å²) in [6.45, 7) is 7.65. The zero-order valence-corrected chi connectivity index (χ0v) is 12.6. The molecular weight excluding hydrogens is 309 g/mol. The third-order valence-corrected chi connectivity index (χ3v) is 5.88. The van der Waals surface area contributed by atoms with E-state index >= 15 is 0 Å². The summed E-state index contributed by atoms with van der Waals surface area (Å²) >= 11 is 2.55. The third kappa shape index (κ3) is 2.27. The summed E-state index contributed by atoms with van der Waals surface area (Å²) in [7, 11) is 0. The van der Waals surface area contributed by atoms with Crippen molar-refractivity contribution in [3.05, 3.63) is 12.8 Å². The average molecular weight is 333 g/mol. The molecule has 2 fully saturated rings. The Bertz CT molecular complexity index is 253. The van der Waals surface area contributed by atoms with Gasteiger partial charge in [-0.2, -0.15) is 0 Å². The Kier molecular flexibility index (Phi) is 4.20. The number of nitrogens with zero attached hydrogens (tertiary/aromatic N) is 1. The van der Waals surface area contributed by atoms with Crippen molar-refractivity contribution in [1.82, 2.24) is 4.90 Å². The highest BCUT2D eigenvalue weighted by atomic mass is 127. The Morgan fingerprint density at radius 2 is 2.31 bits per heavy atom. The minimum atomic E-state index is 0.529. The van der Waals surface area contributed by atoms with Gasteiger partial charge in [-0.05, 0) is 37.3 Å². The second-order valence-corrected chi connectivity index (χ2v) is 6.39. The lowest BCUT2D eigenvalue weighted by atomic mass is 9.93. The molecule has 16 heavy (non-hydrogen) atoms. The van der Waals surface area contributed by atoms with Crippen molar-refractivity contribution in [2.75, 3.05) is 11.0 Å².